The Morgan fingerprint density at radius 1 is 1.53 bits per heavy atom. The summed E-state index contributed by atoms with van der Waals surface area (Å²) in [5.41, 5.74) is 0.870. The molecule has 0 fully saturated rings. The van der Waals surface area contributed by atoms with E-state index in [4.69, 9.17) is 0 Å². The number of allylic oxidation sites excluding steroid dienone is 2. The van der Waals surface area contributed by atoms with E-state index in [0.29, 0.717) is 6.42 Å². The summed E-state index contributed by atoms with van der Waals surface area (Å²) in [5, 5.41) is 0.124. The zero-order valence-electron chi connectivity index (χ0n) is 9.79. The fourth-order valence-electron chi connectivity index (χ4n) is 1.88. The summed E-state index contributed by atoms with van der Waals surface area (Å²) in [6, 6.07) is 0. The monoisotopic (exact) mass is 226 g/mol. The number of rotatable bonds is 2. The second kappa shape index (κ2) is 4.52. The van der Waals surface area contributed by atoms with Gasteiger partial charge in [0, 0.05) is 18.1 Å². The Labute approximate surface area is 95.5 Å². The fourth-order valence-corrected chi connectivity index (χ4v) is 2.97. The topological polar surface area (TPSA) is 34.1 Å². The molecule has 0 N–H and O–H groups in total. The van der Waals surface area contributed by atoms with E-state index in [1.54, 1.807) is 6.92 Å². The molecule has 1 atom stereocenters. The molecule has 1 aliphatic carbocycles. The van der Waals surface area contributed by atoms with Gasteiger partial charge in [-0.2, -0.15) is 0 Å². The first-order chi connectivity index (χ1) is 6.83. The third kappa shape index (κ3) is 3.20. The van der Waals surface area contributed by atoms with Gasteiger partial charge in [-0.1, -0.05) is 17.8 Å². The average molecular weight is 226 g/mol. The first-order valence-corrected chi connectivity index (χ1v) is 6.04. The molecule has 0 heterocycles. The standard InChI is InChI=1S/C12H18O2S/c1-8-5-6-10(7-11(8)14)12(3,4)15-9(2)13/h5,10H,6-7H2,1-4H3. The van der Waals surface area contributed by atoms with Crippen molar-refractivity contribution < 1.29 is 9.59 Å². The Morgan fingerprint density at radius 2 is 2.13 bits per heavy atom. The maximum atomic E-state index is 11.6. The number of hydrogen-bond acceptors (Lipinski definition) is 3. The molecule has 0 bridgehead atoms. The summed E-state index contributed by atoms with van der Waals surface area (Å²) in [5.74, 6) is 0.506. The van der Waals surface area contributed by atoms with Crippen molar-refractivity contribution in [3.63, 3.8) is 0 Å². The van der Waals surface area contributed by atoms with Gasteiger partial charge in [0.15, 0.2) is 10.9 Å². The Hall–Kier alpha value is -0.570. The molecule has 0 amide bonds. The lowest BCUT2D eigenvalue weighted by atomic mass is 9.81. The number of carbonyl (C=O) groups is 2. The first-order valence-electron chi connectivity index (χ1n) is 5.22. The van der Waals surface area contributed by atoms with E-state index in [9.17, 15) is 9.59 Å². The molecule has 84 valence electrons. The van der Waals surface area contributed by atoms with Gasteiger partial charge in [-0.15, -0.1) is 0 Å². The van der Waals surface area contributed by atoms with Gasteiger partial charge in [-0.3, -0.25) is 9.59 Å². The minimum absolute atomic E-state index is 0.124. The van der Waals surface area contributed by atoms with Gasteiger partial charge in [0.1, 0.15) is 0 Å². The Kier molecular flexibility index (Phi) is 3.77. The second-order valence-corrected chi connectivity index (χ2v) is 6.48. The largest absolute Gasteiger partial charge is 0.295 e. The number of hydrogen-bond donors (Lipinski definition) is 0. The van der Waals surface area contributed by atoms with Crippen molar-refractivity contribution in [2.45, 2.75) is 45.3 Å². The minimum atomic E-state index is -0.140. The molecule has 1 rings (SSSR count). The minimum Gasteiger partial charge on any atom is -0.295 e. The SMILES string of the molecule is CC(=O)SC(C)(C)C1CC=C(C)C(=O)C1. The van der Waals surface area contributed by atoms with Gasteiger partial charge in [-0.25, -0.2) is 0 Å². The number of Topliss-reactive ketones (excluding diaryl/α,β-unsaturated/α-hetero) is 1. The third-order valence-electron chi connectivity index (χ3n) is 2.97. The van der Waals surface area contributed by atoms with Crippen LogP contribution in [0.1, 0.15) is 40.5 Å². The van der Waals surface area contributed by atoms with Crippen LogP contribution in [0.2, 0.25) is 0 Å². The highest BCUT2D eigenvalue weighted by Crippen LogP contribution is 2.39. The average Bonchev–Trinajstić information content (AvgIpc) is 2.07. The molecule has 3 heteroatoms. The van der Waals surface area contributed by atoms with Gasteiger partial charge >= 0.3 is 0 Å². The van der Waals surface area contributed by atoms with Crippen molar-refractivity contribution in [1.29, 1.82) is 0 Å². The lowest BCUT2D eigenvalue weighted by Crippen LogP contribution is -2.32. The van der Waals surface area contributed by atoms with Crippen molar-refractivity contribution in [3.8, 4) is 0 Å². The molecule has 0 aromatic rings. The van der Waals surface area contributed by atoms with Crippen LogP contribution in [0.4, 0.5) is 0 Å². The van der Waals surface area contributed by atoms with E-state index in [0.717, 1.165) is 12.0 Å². The molecule has 0 aliphatic heterocycles. The van der Waals surface area contributed by atoms with Gasteiger partial charge in [0.05, 0.1) is 0 Å². The summed E-state index contributed by atoms with van der Waals surface area (Å²) in [7, 11) is 0. The highest BCUT2D eigenvalue weighted by atomic mass is 32.2. The lowest BCUT2D eigenvalue weighted by Gasteiger charge is -2.34. The second-order valence-electron chi connectivity index (χ2n) is 4.64. The summed E-state index contributed by atoms with van der Waals surface area (Å²) in [6.07, 6.45) is 3.49. The predicted molar refractivity (Wildman–Crippen MR) is 63.8 cm³/mol. The highest BCUT2D eigenvalue weighted by molar-refractivity contribution is 8.14. The highest BCUT2D eigenvalue weighted by Gasteiger charge is 2.34. The zero-order chi connectivity index (χ0) is 11.6. The quantitative estimate of drug-likeness (QED) is 0.726. The van der Waals surface area contributed by atoms with Crippen molar-refractivity contribution >= 4 is 22.7 Å². The van der Waals surface area contributed by atoms with E-state index in [-0.39, 0.29) is 21.6 Å². The molecule has 1 aliphatic rings. The van der Waals surface area contributed by atoms with Crippen molar-refractivity contribution in [1.82, 2.24) is 0 Å². The molecule has 2 nitrogen and oxygen atoms in total. The van der Waals surface area contributed by atoms with Crippen LogP contribution in [0.15, 0.2) is 11.6 Å². The number of thioether (sulfide) groups is 1. The van der Waals surface area contributed by atoms with E-state index in [1.165, 1.54) is 11.8 Å². The molecular weight excluding hydrogens is 208 g/mol. The van der Waals surface area contributed by atoms with Gasteiger partial charge in [0.2, 0.25) is 0 Å². The molecule has 0 aromatic carbocycles. The summed E-state index contributed by atoms with van der Waals surface area (Å²) < 4.78 is -0.140. The van der Waals surface area contributed by atoms with E-state index in [1.807, 2.05) is 26.8 Å². The Balaban J connectivity index is 2.74. The van der Waals surface area contributed by atoms with E-state index in [2.05, 4.69) is 0 Å². The van der Waals surface area contributed by atoms with Crippen LogP contribution in [0.25, 0.3) is 0 Å². The Bertz CT molecular complexity index is 316. The van der Waals surface area contributed by atoms with Crippen LogP contribution >= 0.6 is 11.8 Å². The molecule has 15 heavy (non-hydrogen) atoms. The molecule has 0 aromatic heterocycles. The molecule has 0 saturated carbocycles. The normalized spacial score (nSPS) is 22.5. The van der Waals surface area contributed by atoms with Crippen LogP contribution in [0.3, 0.4) is 0 Å². The summed E-state index contributed by atoms with van der Waals surface area (Å²) in [4.78, 5) is 22.7. The van der Waals surface area contributed by atoms with Crippen molar-refractivity contribution in [2.24, 2.45) is 5.92 Å². The maximum absolute atomic E-state index is 11.6. The van der Waals surface area contributed by atoms with Crippen LogP contribution in [-0.2, 0) is 9.59 Å². The molecular formula is C12H18O2S. The van der Waals surface area contributed by atoms with Crippen LogP contribution in [0, 0.1) is 5.92 Å². The Morgan fingerprint density at radius 3 is 2.60 bits per heavy atom. The molecule has 0 spiro atoms. The lowest BCUT2D eigenvalue weighted by molar-refractivity contribution is -0.117. The summed E-state index contributed by atoms with van der Waals surface area (Å²) in [6.45, 7) is 7.54. The number of ketones is 1. The first kappa shape index (κ1) is 12.5. The van der Waals surface area contributed by atoms with Crippen LogP contribution < -0.4 is 0 Å². The third-order valence-corrected chi connectivity index (χ3v) is 4.12. The maximum Gasteiger partial charge on any atom is 0.186 e. The molecule has 0 saturated heterocycles. The van der Waals surface area contributed by atoms with Gasteiger partial charge < -0.3 is 0 Å². The summed E-state index contributed by atoms with van der Waals surface area (Å²) >= 11 is 1.35. The zero-order valence-corrected chi connectivity index (χ0v) is 10.6. The van der Waals surface area contributed by atoms with Crippen LogP contribution in [0.5, 0.6) is 0 Å². The van der Waals surface area contributed by atoms with Gasteiger partial charge in [-0.05, 0) is 38.7 Å². The number of carbonyl (C=O) groups excluding carboxylic acids is 2. The predicted octanol–water partition coefficient (Wildman–Crippen LogP) is 2.97. The molecule has 0 radical (unpaired) electrons. The fraction of sp³-hybridized carbons (Fsp3) is 0.667. The van der Waals surface area contributed by atoms with Crippen molar-refractivity contribution in [2.75, 3.05) is 0 Å². The van der Waals surface area contributed by atoms with E-state index < -0.39 is 0 Å². The smallest absolute Gasteiger partial charge is 0.186 e. The molecule has 1 unspecified atom stereocenters. The van der Waals surface area contributed by atoms with Crippen molar-refractivity contribution in [3.05, 3.63) is 11.6 Å². The van der Waals surface area contributed by atoms with E-state index >= 15 is 0 Å². The van der Waals surface area contributed by atoms with Gasteiger partial charge in [0.25, 0.3) is 0 Å². The van der Waals surface area contributed by atoms with Crippen LogP contribution in [-0.4, -0.2) is 15.6 Å².